The summed E-state index contributed by atoms with van der Waals surface area (Å²) in [6, 6.07) is 11.2. The molecule has 128 valence electrons. The van der Waals surface area contributed by atoms with Gasteiger partial charge in [-0.15, -0.1) is 0 Å². The zero-order valence-electron chi connectivity index (χ0n) is 13.8. The molecule has 0 bridgehead atoms. The Morgan fingerprint density at radius 1 is 1.00 bits per heavy atom. The molecule has 1 aliphatic carbocycles. The van der Waals surface area contributed by atoms with E-state index in [1.54, 1.807) is 23.1 Å². The molecule has 2 aliphatic rings. The number of amides is 2. The van der Waals surface area contributed by atoms with Crippen molar-refractivity contribution in [3.05, 3.63) is 58.1 Å². The summed E-state index contributed by atoms with van der Waals surface area (Å²) in [6.07, 6.45) is 4.72. The summed E-state index contributed by atoms with van der Waals surface area (Å²) in [6.45, 7) is 0.647. The molecule has 1 aliphatic heterocycles. The Morgan fingerprint density at radius 2 is 1.84 bits per heavy atom. The molecule has 1 fully saturated rings. The van der Waals surface area contributed by atoms with Gasteiger partial charge in [-0.05, 0) is 67.1 Å². The fourth-order valence-corrected chi connectivity index (χ4v) is 3.84. The van der Waals surface area contributed by atoms with Crippen LogP contribution in [0.1, 0.15) is 40.7 Å². The van der Waals surface area contributed by atoms with Crippen molar-refractivity contribution in [3.63, 3.8) is 0 Å². The lowest BCUT2D eigenvalue weighted by atomic mass is 10.1. The number of aryl methyl sites for hydroxylation is 2. The first-order valence-electron chi connectivity index (χ1n) is 8.65. The standard InChI is InChI=1S/C20H19ClN2O2/c21-17-9-7-15(12-18(17)23-10-2-5-19(23)24)20(25)22-16-8-6-13-3-1-4-14(13)11-16/h6-9,11-12H,1-5,10H2,(H,22,25). The number of carbonyl (C=O) groups excluding carboxylic acids is 2. The zero-order chi connectivity index (χ0) is 17.4. The summed E-state index contributed by atoms with van der Waals surface area (Å²) < 4.78 is 0. The topological polar surface area (TPSA) is 49.4 Å². The van der Waals surface area contributed by atoms with Crippen molar-refractivity contribution >= 4 is 34.8 Å². The van der Waals surface area contributed by atoms with E-state index in [0.29, 0.717) is 29.2 Å². The van der Waals surface area contributed by atoms with E-state index in [-0.39, 0.29) is 11.8 Å². The second kappa shape index (κ2) is 6.52. The predicted octanol–water partition coefficient (Wildman–Crippen LogP) is 4.21. The minimum atomic E-state index is -0.192. The molecule has 0 atom stereocenters. The number of nitrogens with zero attached hydrogens (tertiary/aromatic N) is 1. The van der Waals surface area contributed by atoms with Crippen LogP contribution in [0.2, 0.25) is 5.02 Å². The average Bonchev–Trinajstić information content (AvgIpc) is 3.23. The molecule has 0 aromatic heterocycles. The van der Waals surface area contributed by atoms with Gasteiger partial charge in [-0.1, -0.05) is 17.7 Å². The first kappa shape index (κ1) is 16.2. The van der Waals surface area contributed by atoms with Crippen molar-refractivity contribution in [2.24, 2.45) is 0 Å². The summed E-state index contributed by atoms with van der Waals surface area (Å²) >= 11 is 6.24. The third-order valence-corrected chi connectivity index (χ3v) is 5.25. The van der Waals surface area contributed by atoms with Gasteiger partial charge in [0, 0.05) is 24.2 Å². The smallest absolute Gasteiger partial charge is 0.255 e. The lowest BCUT2D eigenvalue weighted by Crippen LogP contribution is -2.24. The summed E-state index contributed by atoms with van der Waals surface area (Å²) in [5.74, 6) is -0.138. The molecular weight excluding hydrogens is 336 g/mol. The second-order valence-electron chi connectivity index (χ2n) is 6.61. The van der Waals surface area contributed by atoms with E-state index in [1.165, 1.54) is 17.5 Å². The molecule has 2 aromatic rings. The van der Waals surface area contributed by atoms with Gasteiger partial charge in [0.25, 0.3) is 5.91 Å². The molecule has 0 radical (unpaired) electrons. The number of fused-ring (bicyclic) bond motifs is 1. The average molecular weight is 355 g/mol. The van der Waals surface area contributed by atoms with Gasteiger partial charge in [0.2, 0.25) is 5.91 Å². The summed E-state index contributed by atoms with van der Waals surface area (Å²) in [4.78, 5) is 26.3. The Labute approximate surface area is 151 Å². The van der Waals surface area contributed by atoms with E-state index >= 15 is 0 Å². The van der Waals surface area contributed by atoms with Crippen molar-refractivity contribution in [2.75, 3.05) is 16.8 Å². The van der Waals surface area contributed by atoms with E-state index in [2.05, 4.69) is 17.4 Å². The minimum absolute atomic E-state index is 0.0538. The molecular formula is C20H19ClN2O2. The molecule has 1 saturated heterocycles. The highest BCUT2D eigenvalue weighted by Crippen LogP contribution is 2.31. The summed E-state index contributed by atoms with van der Waals surface area (Å²) in [7, 11) is 0. The first-order chi connectivity index (χ1) is 12.1. The molecule has 0 spiro atoms. The lowest BCUT2D eigenvalue weighted by Gasteiger charge is -2.18. The van der Waals surface area contributed by atoms with Crippen molar-refractivity contribution in [2.45, 2.75) is 32.1 Å². The van der Waals surface area contributed by atoms with Gasteiger partial charge in [-0.2, -0.15) is 0 Å². The monoisotopic (exact) mass is 354 g/mol. The highest BCUT2D eigenvalue weighted by Gasteiger charge is 2.24. The van der Waals surface area contributed by atoms with E-state index < -0.39 is 0 Å². The highest BCUT2D eigenvalue weighted by molar-refractivity contribution is 6.34. The summed E-state index contributed by atoms with van der Waals surface area (Å²) in [5, 5.41) is 3.44. The maximum atomic E-state index is 12.6. The predicted molar refractivity (Wildman–Crippen MR) is 99.5 cm³/mol. The van der Waals surface area contributed by atoms with Gasteiger partial charge in [-0.25, -0.2) is 0 Å². The van der Waals surface area contributed by atoms with E-state index in [0.717, 1.165) is 24.9 Å². The quantitative estimate of drug-likeness (QED) is 0.897. The number of rotatable bonds is 3. The molecule has 1 heterocycles. The van der Waals surface area contributed by atoms with Crippen LogP contribution in [0.5, 0.6) is 0 Å². The van der Waals surface area contributed by atoms with Gasteiger partial charge in [0.05, 0.1) is 10.7 Å². The molecule has 0 saturated carbocycles. The fourth-order valence-electron chi connectivity index (χ4n) is 3.62. The van der Waals surface area contributed by atoms with Crippen LogP contribution >= 0.6 is 11.6 Å². The maximum absolute atomic E-state index is 12.6. The van der Waals surface area contributed by atoms with Crippen LogP contribution in [0.25, 0.3) is 0 Å². The van der Waals surface area contributed by atoms with Gasteiger partial charge in [0.1, 0.15) is 0 Å². The van der Waals surface area contributed by atoms with Crippen LogP contribution in [-0.2, 0) is 17.6 Å². The van der Waals surface area contributed by atoms with E-state index in [1.807, 2.05) is 6.07 Å². The SMILES string of the molecule is O=C(Nc1ccc2c(c1)CCC2)c1ccc(Cl)c(N2CCCC2=O)c1. The van der Waals surface area contributed by atoms with Gasteiger partial charge < -0.3 is 10.2 Å². The third kappa shape index (κ3) is 3.14. The van der Waals surface area contributed by atoms with Crippen LogP contribution in [0.3, 0.4) is 0 Å². The highest BCUT2D eigenvalue weighted by atomic mass is 35.5. The van der Waals surface area contributed by atoms with Crippen LogP contribution in [0.15, 0.2) is 36.4 Å². The number of halogens is 1. The van der Waals surface area contributed by atoms with Crippen molar-refractivity contribution < 1.29 is 9.59 Å². The van der Waals surface area contributed by atoms with Crippen LogP contribution in [0.4, 0.5) is 11.4 Å². The second-order valence-corrected chi connectivity index (χ2v) is 7.01. The number of hydrogen-bond acceptors (Lipinski definition) is 2. The Morgan fingerprint density at radius 3 is 2.64 bits per heavy atom. The summed E-state index contributed by atoms with van der Waals surface area (Å²) in [5.41, 5.74) is 4.61. The van der Waals surface area contributed by atoms with Crippen molar-refractivity contribution in [1.29, 1.82) is 0 Å². The maximum Gasteiger partial charge on any atom is 0.255 e. The normalized spacial score (nSPS) is 16.2. The van der Waals surface area contributed by atoms with E-state index in [4.69, 9.17) is 11.6 Å². The van der Waals surface area contributed by atoms with E-state index in [9.17, 15) is 9.59 Å². The molecule has 0 unspecified atom stereocenters. The Kier molecular flexibility index (Phi) is 4.22. The Balaban J connectivity index is 1.57. The van der Waals surface area contributed by atoms with Gasteiger partial charge >= 0.3 is 0 Å². The molecule has 5 heteroatoms. The zero-order valence-corrected chi connectivity index (χ0v) is 14.6. The first-order valence-corrected chi connectivity index (χ1v) is 9.03. The third-order valence-electron chi connectivity index (χ3n) is 4.93. The van der Waals surface area contributed by atoms with Crippen molar-refractivity contribution in [1.82, 2.24) is 0 Å². The number of carbonyl (C=O) groups is 2. The molecule has 4 rings (SSSR count). The fraction of sp³-hybridized carbons (Fsp3) is 0.300. The van der Waals surface area contributed by atoms with Gasteiger partial charge in [-0.3, -0.25) is 9.59 Å². The number of anilines is 2. The molecule has 4 nitrogen and oxygen atoms in total. The largest absolute Gasteiger partial charge is 0.322 e. The number of nitrogens with one attached hydrogen (secondary N) is 1. The number of benzene rings is 2. The number of hydrogen-bond donors (Lipinski definition) is 1. The minimum Gasteiger partial charge on any atom is -0.322 e. The van der Waals surface area contributed by atoms with Gasteiger partial charge in [0.15, 0.2) is 0 Å². The Hall–Kier alpha value is -2.33. The molecule has 1 N–H and O–H groups in total. The van der Waals surface area contributed by atoms with Crippen molar-refractivity contribution in [3.8, 4) is 0 Å². The Bertz CT molecular complexity index is 863. The molecule has 2 aromatic carbocycles. The van der Waals surface area contributed by atoms with Crippen LogP contribution in [0, 0.1) is 0 Å². The van der Waals surface area contributed by atoms with Crippen LogP contribution < -0.4 is 10.2 Å². The molecule has 2 amide bonds. The van der Waals surface area contributed by atoms with Crippen LogP contribution in [-0.4, -0.2) is 18.4 Å². The molecule has 25 heavy (non-hydrogen) atoms. The lowest BCUT2D eigenvalue weighted by molar-refractivity contribution is -0.117.